The molecule has 2 amide bonds. The van der Waals surface area contributed by atoms with Crippen LogP contribution in [0.15, 0.2) is 11.0 Å². The molecule has 200 valence electrons. The van der Waals surface area contributed by atoms with Crippen molar-refractivity contribution in [1.82, 2.24) is 19.4 Å². The number of hydrogen-bond acceptors (Lipinski definition) is 6. The minimum absolute atomic E-state index is 0.314. The predicted octanol–water partition coefficient (Wildman–Crippen LogP) is 4.74. The zero-order valence-electron chi connectivity index (χ0n) is 22.9. The summed E-state index contributed by atoms with van der Waals surface area (Å²) in [5.41, 5.74) is 6.28. The molecule has 1 unspecified atom stereocenters. The molecule has 1 aliphatic rings. The highest BCUT2D eigenvalue weighted by Gasteiger charge is 2.23. The largest absolute Gasteiger partial charge is 0.351 e. The Bertz CT molecular complexity index is 565. The van der Waals surface area contributed by atoms with E-state index < -0.39 is 0 Å². The number of carbonyl (C=O) groups is 2. The first-order valence-corrected chi connectivity index (χ1v) is 14.2. The monoisotopic (exact) mass is 499 g/mol. The van der Waals surface area contributed by atoms with Crippen LogP contribution in [0.2, 0.25) is 0 Å². The third-order valence-corrected chi connectivity index (χ3v) is 6.72. The van der Waals surface area contributed by atoms with E-state index in [1.807, 2.05) is 30.7 Å². The lowest BCUT2D eigenvalue weighted by Crippen LogP contribution is -2.41. The highest BCUT2D eigenvalue weighted by Crippen LogP contribution is 2.30. The summed E-state index contributed by atoms with van der Waals surface area (Å²) < 4.78 is 2.02. The summed E-state index contributed by atoms with van der Waals surface area (Å²) in [5, 5.41) is 5.45. The van der Waals surface area contributed by atoms with Gasteiger partial charge in [0.25, 0.3) is 0 Å². The number of urea groups is 1. The van der Waals surface area contributed by atoms with Crippen molar-refractivity contribution in [2.24, 2.45) is 11.7 Å². The lowest BCUT2D eigenvalue weighted by molar-refractivity contribution is -0.117. The Hall–Kier alpha value is -1.09. The first kappa shape index (κ1) is 32.9. The number of allylic oxidation sites excluding steroid dienone is 1. The summed E-state index contributed by atoms with van der Waals surface area (Å²) in [4.78, 5) is 27.1. The Morgan fingerprint density at radius 3 is 2.24 bits per heavy atom. The number of nitrogens with zero attached hydrogens (tertiary/aromatic N) is 3. The van der Waals surface area contributed by atoms with E-state index in [-0.39, 0.29) is 6.03 Å². The van der Waals surface area contributed by atoms with Crippen LogP contribution in [0.25, 0.3) is 0 Å². The van der Waals surface area contributed by atoms with Gasteiger partial charge in [0.1, 0.15) is 0 Å². The number of rotatable bonds is 16. The molecule has 0 radical (unpaired) electrons. The van der Waals surface area contributed by atoms with Gasteiger partial charge in [0.2, 0.25) is 0 Å². The lowest BCUT2D eigenvalue weighted by atomic mass is 9.83. The minimum atomic E-state index is -0.314. The summed E-state index contributed by atoms with van der Waals surface area (Å²) >= 11 is 1.61. The van der Waals surface area contributed by atoms with Crippen molar-refractivity contribution in [3.8, 4) is 0 Å². The maximum atomic E-state index is 12.0. The van der Waals surface area contributed by atoms with Crippen molar-refractivity contribution in [3.63, 3.8) is 0 Å². The van der Waals surface area contributed by atoms with Crippen LogP contribution in [0.1, 0.15) is 79.1 Å². The molecular formula is C26H53N5O2S. The summed E-state index contributed by atoms with van der Waals surface area (Å²) in [6.07, 6.45) is 8.80. The molecule has 7 nitrogen and oxygen atoms in total. The number of nitrogens with one attached hydrogen (secondary N) is 1. The third kappa shape index (κ3) is 16.5. The van der Waals surface area contributed by atoms with Crippen LogP contribution >= 0.6 is 11.9 Å². The molecule has 0 spiro atoms. The van der Waals surface area contributed by atoms with Gasteiger partial charge in [-0.1, -0.05) is 32.7 Å². The Morgan fingerprint density at radius 1 is 1.06 bits per heavy atom. The van der Waals surface area contributed by atoms with Crippen LogP contribution in [-0.2, 0) is 4.79 Å². The number of ketones is 1. The van der Waals surface area contributed by atoms with E-state index in [9.17, 15) is 9.59 Å². The summed E-state index contributed by atoms with van der Waals surface area (Å²) in [5.74, 6) is 0.976. The SMILES string of the molecule is CCCN(CCC)CCN(CC)C(N)=O.CCCNCCCC1CC/C(=C/SN(C)C)C(=O)C1. The molecule has 1 rings (SSSR count). The standard InChI is InChI=1S/C15H28N2OS.C11H25N3O/c1-4-9-16-10-5-6-13-7-8-14(15(18)11-13)12-19-17(2)3;1-4-7-13(8-5-2)9-10-14(6-3)11(12)15/h12-13,16H,4-11H2,1-3H3;4-10H2,1-3H3,(H2,12,15)/b14-12-;. The normalized spacial score (nSPS) is 17.2. The van der Waals surface area contributed by atoms with E-state index in [0.717, 1.165) is 70.5 Å². The summed E-state index contributed by atoms with van der Waals surface area (Å²) in [6, 6.07) is -0.314. The second-order valence-corrected chi connectivity index (χ2v) is 10.4. The molecular weight excluding hydrogens is 446 g/mol. The zero-order chi connectivity index (χ0) is 25.8. The van der Waals surface area contributed by atoms with Crippen molar-refractivity contribution < 1.29 is 9.59 Å². The molecule has 1 saturated carbocycles. The average molecular weight is 500 g/mol. The van der Waals surface area contributed by atoms with Crippen LogP contribution in [0.3, 0.4) is 0 Å². The Balaban J connectivity index is 0.000000661. The molecule has 3 N–H and O–H groups in total. The van der Waals surface area contributed by atoms with E-state index in [0.29, 0.717) is 18.2 Å². The van der Waals surface area contributed by atoms with Gasteiger partial charge in [-0.15, -0.1) is 0 Å². The van der Waals surface area contributed by atoms with Crippen molar-refractivity contribution in [3.05, 3.63) is 11.0 Å². The van der Waals surface area contributed by atoms with E-state index in [4.69, 9.17) is 5.73 Å². The number of primary amides is 1. The van der Waals surface area contributed by atoms with E-state index in [1.54, 1.807) is 16.8 Å². The fraction of sp³-hybridized carbons (Fsp3) is 0.846. The van der Waals surface area contributed by atoms with Crippen LogP contribution < -0.4 is 11.1 Å². The van der Waals surface area contributed by atoms with Gasteiger partial charge < -0.3 is 20.9 Å². The van der Waals surface area contributed by atoms with E-state index in [1.165, 1.54) is 25.7 Å². The van der Waals surface area contributed by atoms with Gasteiger partial charge >= 0.3 is 6.03 Å². The van der Waals surface area contributed by atoms with Crippen LogP contribution in [0.4, 0.5) is 4.79 Å². The van der Waals surface area contributed by atoms with Crippen LogP contribution in [0.5, 0.6) is 0 Å². The number of carbonyl (C=O) groups excluding carboxylic acids is 2. The van der Waals surface area contributed by atoms with Crippen molar-refractivity contribution in [1.29, 1.82) is 0 Å². The van der Waals surface area contributed by atoms with Gasteiger partial charge in [-0.25, -0.2) is 4.79 Å². The highest BCUT2D eigenvalue weighted by atomic mass is 32.2. The molecule has 0 aromatic heterocycles. The first-order valence-electron chi connectivity index (χ1n) is 13.3. The van der Waals surface area contributed by atoms with Gasteiger partial charge in [0.05, 0.1) is 0 Å². The Kier molecular flexibility index (Phi) is 20.5. The second-order valence-electron chi connectivity index (χ2n) is 9.24. The molecule has 0 aromatic carbocycles. The number of likely N-dealkylation sites (N-methyl/N-ethyl adjacent to an activating group) is 1. The minimum Gasteiger partial charge on any atom is -0.351 e. The van der Waals surface area contributed by atoms with Crippen LogP contribution in [0, 0.1) is 5.92 Å². The average Bonchev–Trinajstić information content (AvgIpc) is 2.79. The molecule has 1 fully saturated rings. The first-order chi connectivity index (χ1) is 16.3. The summed E-state index contributed by atoms with van der Waals surface area (Å²) in [6.45, 7) is 15.3. The third-order valence-electron chi connectivity index (χ3n) is 5.91. The number of Topliss-reactive ketones (excluding diaryl/α,β-unsaturated/α-hetero) is 1. The number of hydrogen-bond donors (Lipinski definition) is 2. The topological polar surface area (TPSA) is 81.9 Å². The second kappa shape index (κ2) is 21.2. The fourth-order valence-electron chi connectivity index (χ4n) is 4.01. The van der Waals surface area contributed by atoms with E-state index in [2.05, 4.69) is 31.0 Å². The van der Waals surface area contributed by atoms with Gasteiger partial charge in [0.15, 0.2) is 5.78 Å². The Morgan fingerprint density at radius 2 is 1.74 bits per heavy atom. The van der Waals surface area contributed by atoms with Gasteiger partial charge in [-0.05, 0) is 103 Å². The zero-order valence-corrected chi connectivity index (χ0v) is 23.7. The van der Waals surface area contributed by atoms with Crippen molar-refractivity contribution in [2.75, 3.05) is 59.9 Å². The number of amides is 2. The number of nitrogens with two attached hydrogens (primary N) is 1. The molecule has 0 bridgehead atoms. The lowest BCUT2D eigenvalue weighted by Gasteiger charge is -2.25. The maximum absolute atomic E-state index is 12.0. The van der Waals surface area contributed by atoms with E-state index >= 15 is 0 Å². The molecule has 0 heterocycles. The summed E-state index contributed by atoms with van der Waals surface area (Å²) in [7, 11) is 4.00. The molecule has 34 heavy (non-hydrogen) atoms. The smallest absolute Gasteiger partial charge is 0.314 e. The van der Waals surface area contributed by atoms with Gasteiger partial charge in [-0.2, -0.15) is 0 Å². The molecule has 0 saturated heterocycles. The highest BCUT2D eigenvalue weighted by molar-refractivity contribution is 7.99. The van der Waals surface area contributed by atoms with Crippen molar-refractivity contribution >= 4 is 23.8 Å². The quantitative estimate of drug-likeness (QED) is 0.181. The molecule has 8 heteroatoms. The van der Waals surface area contributed by atoms with Gasteiger partial charge in [0, 0.05) is 31.6 Å². The predicted molar refractivity (Wildman–Crippen MR) is 148 cm³/mol. The fourth-order valence-corrected chi connectivity index (χ4v) is 4.59. The Labute approximate surface area is 214 Å². The molecule has 1 atom stereocenters. The molecule has 1 aliphatic carbocycles. The van der Waals surface area contributed by atoms with Gasteiger partial charge in [-0.3, -0.25) is 9.10 Å². The molecule has 0 aliphatic heterocycles. The maximum Gasteiger partial charge on any atom is 0.314 e. The van der Waals surface area contributed by atoms with Crippen LogP contribution in [-0.4, -0.2) is 85.8 Å². The van der Waals surface area contributed by atoms with Crippen molar-refractivity contribution in [2.45, 2.75) is 79.1 Å². The molecule has 0 aromatic rings.